The molecule has 2 aromatic rings. The Kier molecular flexibility index (Phi) is 5.19. The van der Waals surface area contributed by atoms with E-state index in [9.17, 15) is 4.79 Å². The molecule has 1 saturated heterocycles. The number of rotatable bonds is 4. The quantitative estimate of drug-likeness (QED) is 0.828. The van der Waals surface area contributed by atoms with Gasteiger partial charge in [-0.05, 0) is 42.7 Å². The van der Waals surface area contributed by atoms with Crippen molar-refractivity contribution in [1.82, 2.24) is 4.90 Å². The van der Waals surface area contributed by atoms with E-state index in [1.807, 2.05) is 53.2 Å². The van der Waals surface area contributed by atoms with E-state index in [2.05, 4.69) is 12.1 Å². The smallest absolute Gasteiger partial charge is 0.242 e. The Labute approximate surface area is 160 Å². The van der Waals surface area contributed by atoms with Gasteiger partial charge in [0.1, 0.15) is 0 Å². The van der Waals surface area contributed by atoms with Crippen molar-refractivity contribution < 1.29 is 14.3 Å². The van der Waals surface area contributed by atoms with E-state index in [-0.39, 0.29) is 11.9 Å². The molecule has 2 aliphatic rings. The van der Waals surface area contributed by atoms with Gasteiger partial charge >= 0.3 is 0 Å². The van der Waals surface area contributed by atoms with E-state index in [0.717, 1.165) is 48.6 Å². The highest BCUT2D eigenvalue weighted by atomic mass is 16.5. The summed E-state index contributed by atoms with van der Waals surface area (Å²) in [5.41, 5.74) is 2.18. The van der Waals surface area contributed by atoms with Crippen molar-refractivity contribution in [2.45, 2.75) is 25.3 Å². The van der Waals surface area contributed by atoms with Crippen LogP contribution in [0.1, 0.15) is 30.9 Å². The number of para-hydroxylation sites is 1. The van der Waals surface area contributed by atoms with Crippen molar-refractivity contribution >= 4 is 11.6 Å². The number of carbonyl (C=O) groups excluding carboxylic acids is 1. The van der Waals surface area contributed by atoms with E-state index in [0.29, 0.717) is 19.8 Å². The standard InChI is InChI=1S/C22H26N2O3/c1-23(18-7-3-2-4-8-18)16-22(25)24-12-5-9-19(24)17-10-11-20-21(15-17)27-14-6-13-26-20/h2-4,7-8,10-11,15,19H,5-6,9,12-14,16H2,1H3/t19-/m1/s1. The maximum atomic E-state index is 13.0. The van der Waals surface area contributed by atoms with Crippen molar-refractivity contribution in [2.24, 2.45) is 0 Å². The van der Waals surface area contributed by atoms with E-state index in [1.165, 1.54) is 0 Å². The minimum atomic E-state index is 0.110. The molecule has 5 nitrogen and oxygen atoms in total. The third-order valence-electron chi connectivity index (χ3n) is 5.30. The fourth-order valence-corrected chi connectivity index (χ4v) is 3.87. The van der Waals surface area contributed by atoms with Gasteiger partial charge in [-0.2, -0.15) is 0 Å². The first-order valence-electron chi connectivity index (χ1n) is 9.67. The lowest BCUT2D eigenvalue weighted by Crippen LogP contribution is -2.38. The van der Waals surface area contributed by atoms with Gasteiger partial charge in [-0.15, -0.1) is 0 Å². The van der Waals surface area contributed by atoms with Gasteiger partial charge in [0.15, 0.2) is 11.5 Å². The average molecular weight is 366 g/mol. The molecule has 1 fully saturated rings. The Morgan fingerprint density at radius 3 is 2.67 bits per heavy atom. The number of anilines is 1. The van der Waals surface area contributed by atoms with Gasteiger partial charge in [0, 0.05) is 25.7 Å². The maximum absolute atomic E-state index is 13.0. The van der Waals surface area contributed by atoms with Crippen LogP contribution in [-0.2, 0) is 4.79 Å². The molecule has 0 unspecified atom stereocenters. The summed E-state index contributed by atoms with van der Waals surface area (Å²) < 4.78 is 11.6. The fraction of sp³-hybridized carbons (Fsp3) is 0.409. The third kappa shape index (κ3) is 3.87. The number of hydrogen-bond donors (Lipinski definition) is 0. The molecule has 27 heavy (non-hydrogen) atoms. The lowest BCUT2D eigenvalue weighted by molar-refractivity contribution is -0.130. The molecule has 1 amide bonds. The monoisotopic (exact) mass is 366 g/mol. The number of carbonyl (C=O) groups is 1. The number of benzene rings is 2. The highest BCUT2D eigenvalue weighted by molar-refractivity contribution is 5.82. The summed E-state index contributed by atoms with van der Waals surface area (Å²) in [6, 6.07) is 16.2. The summed E-state index contributed by atoms with van der Waals surface area (Å²) in [4.78, 5) is 17.0. The van der Waals surface area contributed by atoms with Crippen molar-refractivity contribution in [3.63, 3.8) is 0 Å². The van der Waals surface area contributed by atoms with Crippen LogP contribution in [0.25, 0.3) is 0 Å². The van der Waals surface area contributed by atoms with Crippen LogP contribution in [0.4, 0.5) is 5.69 Å². The lowest BCUT2D eigenvalue weighted by Gasteiger charge is -2.28. The topological polar surface area (TPSA) is 42.0 Å². The molecule has 142 valence electrons. The molecule has 4 rings (SSSR count). The summed E-state index contributed by atoms with van der Waals surface area (Å²) in [5.74, 6) is 1.76. The van der Waals surface area contributed by atoms with Gasteiger partial charge in [0.25, 0.3) is 0 Å². The first-order chi connectivity index (χ1) is 13.2. The molecule has 0 aromatic heterocycles. The first kappa shape index (κ1) is 17.7. The number of ether oxygens (including phenoxy) is 2. The molecule has 0 spiro atoms. The normalized spacial score (nSPS) is 18.9. The summed E-state index contributed by atoms with van der Waals surface area (Å²) in [5, 5.41) is 0. The van der Waals surface area contributed by atoms with Crippen LogP contribution in [0, 0.1) is 0 Å². The average Bonchev–Trinajstić information content (AvgIpc) is 3.07. The highest BCUT2D eigenvalue weighted by Crippen LogP contribution is 2.38. The van der Waals surface area contributed by atoms with Gasteiger partial charge in [-0.1, -0.05) is 24.3 Å². The number of fused-ring (bicyclic) bond motifs is 1. The number of likely N-dealkylation sites (tertiary alicyclic amines) is 1. The molecule has 2 aromatic carbocycles. The van der Waals surface area contributed by atoms with E-state index < -0.39 is 0 Å². The third-order valence-corrected chi connectivity index (χ3v) is 5.30. The molecular weight excluding hydrogens is 340 g/mol. The second-order valence-electron chi connectivity index (χ2n) is 7.19. The van der Waals surface area contributed by atoms with Gasteiger partial charge in [0.2, 0.25) is 5.91 Å². The van der Waals surface area contributed by atoms with Gasteiger partial charge < -0.3 is 19.3 Å². The zero-order valence-corrected chi connectivity index (χ0v) is 15.8. The van der Waals surface area contributed by atoms with Crippen LogP contribution in [0.15, 0.2) is 48.5 Å². The van der Waals surface area contributed by atoms with Crippen LogP contribution < -0.4 is 14.4 Å². The molecule has 1 atom stereocenters. The van der Waals surface area contributed by atoms with E-state index in [4.69, 9.17) is 9.47 Å². The molecule has 0 radical (unpaired) electrons. The molecule has 5 heteroatoms. The molecular formula is C22H26N2O3. The van der Waals surface area contributed by atoms with Crippen LogP contribution in [0.2, 0.25) is 0 Å². The molecule has 2 heterocycles. The lowest BCUT2D eigenvalue weighted by atomic mass is 10.0. The van der Waals surface area contributed by atoms with Crippen molar-refractivity contribution in [2.75, 3.05) is 38.3 Å². The summed E-state index contributed by atoms with van der Waals surface area (Å²) >= 11 is 0. The van der Waals surface area contributed by atoms with Crippen LogP contribution in [-0.4, -0.2) is 44.2 Å². The maximum Gasteiger partial charge on any atom is 0.242 e. The zero-order valence-electron chi connectivity index (χ0n) is 15.8. The molecule has 0 aliphatic carbocycles. The molecule has 0 saturated carbocycles. The Morgan fingerprint density at radius 2 is 1.85 bits per heavy atom. The minimum Gasteiger partial charge on any atom is -0.490 e. The van der Waals surface area contributed by atoms with E-state index in [1.54, 1.807) is 0 Å². The molecule has 0 bridgehead atoms. The summed E-state index contributed by atoms with van der Waals surface area (Å²) in [7, 11) is 1.96. The largest absolute Gasteiger partial charge is 0.490 e. The SMILES string of the molecule is CN(CC(=O)N1CCC[C@@H]1c1ccc2c(c1)OCCCO2)c1ccccc1. The van der Waals surface area contributed by atoms with Crippen molar-refractivity contribution in [1.29, 1.82) is 0 Å². The molecule has 2 aliphatic heterocycles. The second kappa shape index (κ2) is 7.91. The second-order valence-corrected chi connectivity index (χ2v) is 7.19. The van der Waals surface area contributed by atoms with Gasteiger partial charge in [0.05, 0.1) is 25.8 Å². The Morgan fingerprint density at radius 1 is 1.07 bits per heavy atom. The minimum absolute atomic E-state index is 0.110. The van der Waals surface area contributed by atoms with E-state index >= 15 is 0 Å². The highest BCUT2D eigenvalue weighted by Gasteiger charge is 2.31. The zero-order chi connectivity index (χ0) is 18.6. The first-order valence-corrected chi connectivity index (χ1v) is 9.67. The number of hydrogen-bond acceptors (Lipinski definition) is 4. The van der Waals surface area contributed by atoms with Crippen LogP contribution in [0.3, 0.4) is 0 Å². The van der Waals surface area contributed by atoms with Gasteiger partial charge in [-0.25, -0.2) is 0 Å². The Hall–Kier alpha value is -2.69. The van der Waals surface area contributed by atoms with Crippen LogP contribution in [0.5, 0.6) is 11.5 Å². The predicted octanol–water partition coefficient (Wildman–Crippen LogP) is 3.65. The number of likely N-dealkylation sites (N-methyl/N-ethyl adjacent to an activating group) is 1. The van der Waals surface area contributed by atoms with Crippen molar-refractivity contribution in [3.8, 4) is 11.5 Å². The molecule has 0 N–H and O–H groups in total. The fourth-order valence-electron chi connectivity index (χ4n) is 3.87. The number of nitrogens with zero attached hydrogens (tertiary/aromatic N) is 2. The number of amides is 1. The summed E-state index contributed by atoms with van der Waals surface area (Å²) in [6.45, 7) is 2.55. The Bertz CT molecular complexity index is 793. The van der Waals surface area contributed by atoms with Crippen molar-refractivity contribution in [3.05, 3.63) is 54.1 Å². The Balaban J connectivity index is 1.49. The van der Waals surface area contributed by atoms with Gasteiger partial charge in [-0.3, -0.25) is 4.79 Å². The summed E-state index contributed by atoms with van der Waals surface area (Å²) in [6.07, 6.45) is 2.91. The predicted molar refractivity (Wildman–Crippen MR) is 105 cm³/mol. The van der Waals surface area contributed by atoms with Crippen LogP contribution >= 0.6 is 0 Å².